The Morgan fingerprint density at radius 1 is 1.26 bits per heavy atom. The summed E-state index contributed by atoms with van der Waals surface area (Å²) < 4.78 is 11.2. The highest BCUT2D eigenvalue weighted by atomic mass is 16.5. The first-order valence-electron chi connectivity index (χ1n) is 7.14. The van der Waals surface area contributed by atoms with Crippen molar-refractivity contribution in [2.24, 2.45) is 5.92 Å². The van der Waals surface area contributed by atoms with Crippen molar-refractivity contribution in [2.75, 3.05) is 6.61 Å². The molecule has 1 heterocycles. The van der Waals surface area contributed by atoms with E-state index in [1.165, 1.54) is 0 Å². The highest BCUT2D eigenvalue weighted by Gasteiger charge is 2.30. The van der Waals surface area contributed by atoms with Gasteiger partial charge in [-0.1, -0.05) is 0 Å². The predicted molar refractivity (Wildman–Crippen MR) is 72.7 cm³/mol. The van der Waals surface area contributed by atoms with E-state index in [2.05, 4.69) is 36.3 Å². The van der Waals surface area contributed by atoms with E-state index in [0.717, 1.165) is 31.8 Å². The molecule has 0 unspecified atom stereocenters. The quantitative estimate of drug-likeness (QED) is 0.857. The van der Waals surface area contributed by atoms with Crippen LogP contribution < -0.4 is 5.32 Å². The number of hydrogen-bond acceptors (Lipinski definition) is 5. The Labute approximate surface area is 115 Å². The normalized spacial score (nSPS) is 23.4. The van der Waals surface area contributed by atoms with Gasteiger partial charge in [-0.2, -0.15) is 0 Å². The molecule has 0 saturated heterocycles. The molecular weight excluding hydrogens is 242 g/mol. The van der Waals surface area contributed by atoms with Crippen LogP contribution >= 0.6 is 0 Å². The summed E-state index contributed by atoms with van der Waals surface area (Å²) in [6.07, 6.45) is 3.56. The van der Waals surface area contributed by atoms with E-state index < -0.39 is 0 Å². The molecule has 2 rings (SSSR count). The average Bonchev–Trinajstić information content (AvgIpc) is 2.71. The first kappa shape index (κ1) is 14.5. The van der Waals surface area contributed by atoms with Crippen LogP contribution in [0.1, 0.15) is 52.3 Å². The van der Waals surface area contributed by atoms with Crippen LogP contribution in [0.2, 0.25) is 0 Å². The van der Waals surface area contributed by atoms with Gasteiger partial charge in [-0.25, -0.2) is 0 Å². The zero-order valence-electron chi connectivity index (χ0n) is 12.4. The fourth-order valence-electron chi connectivity index (χ4n) is 2.24. The lowest BCUT2D eigenvalue weighted by Crippen LogP contribution is -2.35. The van der Waals surface area contributed by atoms with Gasteiger partial charge >= 0.3 is 0 Å². The van der Waals surface area contributed by atoms with E-state index in [0.29, 0.717) is 24.5 Å². The molecule has 19 heavy (non-hydrogen) atoms. The molecule has 1 aliphatic carbocycles. The van der Waals surface area contributed by atoms with Crippen LogP contribution in [-0.4, -0.2) is 28.4 Å². The van der Waals surface area contributed by atoms with Gasteiger partial charge in [0.15, 0.2) is 0 Å². The third-order valence-electron chi connectivity index (χ3n) is 3.34. The summed E-state index contributed by atoms with van der Waals surface area (Å²) in [6, 6.07) is 0. The van der Waals surface area contributed by atoms with Gasteiger partial charge in [0.2, 0.25) is 11.8 Å². The first-order chi connectivity index (χ1) is 8.96. The van der Waals surface area contributed by atoms with Crippen molar-refractivity contribution < 1.29 is 9.15 Å². The standard InChI is InChI=1S/C14H25N3O2/c1-5-18-11-6-10(7-11)8-12-16-17-13(19-12)9-15-14(2,3)4/h10-11,15H,5-9H2,1-4H3. The molecule has 1 fully saturated rings. The van der Waals surface area contributed by atoms with E-state index in [1.807, 2.05) is 6.92 Å². The summed E-state index contributed by atoms with van der Waals surface area (Å²) in [5, 5.41) is 11.5. The minimum absolute atomic E-state index is 0.0628. The molecule has 0 atom stereocenters. The molecule has 1 aliphatic rings. The fourth-order valence-corrected chi connectivity index (χ4v) is 2.24. The predicted octanol–water partition coefficient (Wildman–Crippen LogP) is 2.32. The Morgan fingerprint density at radius 3 is 2.58 bits per heavy atom. The lowest BCUT2D eigenvalue weighted by molar-refractivity contribution is -0.0255. The summed E-state index contributed by atoms with van der Waals surface area (Å²) in [5.74, 6) is 2.07. The number of nitrogens with zero attached hydrogens (tertiary/aromatic N) is 2. The highest BCUT2D eigenvalue weighted by molar-refractivity contribution is 4.90. The lowest BCUT2D eigenvalue weighted by atomic mass is 9.80. The second kappa shape index (κ2) is 6.01. The minimum atomic E-state index is 0.0628. The highest BCUT2D eigenvalue weighted by Crippen LogP contribution is 2.32. The van der Waals surface area contributed by atoms with Crippen LogP contribution in [0.3, 0.4) is 0 Å². The summed E-state index contributed by atoms with van der Waals surface area (Å²) >= 11 is 0. The van der Waals surface area contributed by atoms with Crippen molar-refractivity contribution >= 4 is 0 Å². The Hall–Kier alpha value is -0.940. The second-order valence-corrected chi connectivity index (χ2v) is 6.31. The molecule has 0 aliphatic heterocycles. The smallest absolute Gasteiger partial charge is 0.230 e. The third-order valence-corrected chi connectivity index (χ3v) is 3.34. The first-order valence-corrected chi connectivity index (χ1v) is 7.14. The van der Waals surface area contributed by atoms with Crippen molar-refractivity contribution in [3.8, 4) is 0 Å². The van der Waals surface area contributed by atoms with Gasteiger partial charge in [0.05, 0.1) is 12.6 Å². The largest absolute Gasteiger partial charge is 0.424 e. The Kier molecular flexibility index (Phi) is 4.58. The van der Waals surface area contributed by atoms with Crippen molar-refractivity contribution in [1.82, 2.24) is 15.5 Å². The molecule has 0 radical (unpaired) electrons. The van der Waals surface area contributed by atoms with Crippen LogP contribution in [0.5, 0.6) is 0 Å². The number of rotatable bonds is 6. The van der Waals surface area contributed by atoms with Gasteiger partial charge < -0.3 is 14.5 Å². The molecule has 108 valence electrons. The van der Waals surface area contributed by atoms with Crippen molar-refractivity contribution in [1.29, 1.82) is 0 Å². The fraction of sp³-hybridized carbons (Fsp3) is 0.857. The summed E-state index contributed by atoms with van der Waals surface area (Å²) in [4.78, 5) is 0. The molecule has 0 amide bonds. The van der Waals surface area contributed by atoms with Crippen molar-refractivity contribution in [3.05, 3.63) is 11.8 Å². The summed E-state index contributed by atoms with van der Waals surface area (Å²) in [5.41, 5.74) is 0.0628. The zero-order chi connectivity index (χ0) is 13.9. The average molecular weight is 267 g/mol. The SMILES string of the molecule is CCOC1CC(Cc2nnc(CNC(C)(C)C)o2)C1. The number of hydrogen-bond donors (Lipinski definition) is 1. The van der Waals surface area contributed by atoms with E-state index in [1.54, 1.807) is 0 Å². The molecule has 5 nitrogen and oxygen atoms in total. The van der Waals surface area contributed by atoms with E-state index in [9.17, 15) is 0 Å². The molecule has 1 saturated carbocycles. The topological polar surface area (TPSA) is 60.2 Å². The van der Waals surface area contributed by atoms with Crippen LogP contribution in [0.25, 0.3) is 0 Å². The second-order valence-electron chi connectivity index (χ2n) is 6.31. The Balaban J connectivity index is 1.73. The van der Waals surface area contributed by atoms with E-state index >= 15 is 0 Å². The monoisotopic (exact) mass is 267 g/mol. The van der Waals surface area contributed by atoms with Crippen LogP contribution in [0.4, 0.5) is 0 Å². The van der Waals surface area contributed by atoms with Gasteiger partial charge in [0.1, 0.15) is 0 Å². The zero-order valence-corrected chi connectivity index (χ0v) is 12.4. The van der Waals surface area contributed by atoms with Gasteiger partial charge in [0.25, 0.3) is 0 Å². The maximum absolute atomic E-state index is 5.66. The summed E-state index contributed by atoms with van der Waals surface area (Å²) in [6.45, 7) is 9.83. The third kappa shape index (κ3) is 4.58. The van der Waals surface area contributed by atoms with Crippen LogP contribution in [0, 0.1) is 5.92 Å². The molecule has 5 heteroatoms. The van der Waals surface area contributed by atoms with Gasteiger partial charge in [0, 0.05) is 18.6 Å². The molecule has 1 aromatic rings. The number of ether oxygens (including phenoxy) is 1. The Morgan fingerprint density at radius 2 is 1.95 bits per heavy atom. The molecular formula is C14H25N3O2. The maximum atomic E-state index is 5.66. The van der Waals surface area contributed by atoms with Gasteiger partial charge in [-0.3, -0.25) is 0 Å². The molecule has 0 bridgehead atoms. The van der Waals surface area contributed by atoms with Crippen molar-refractivity contribution in [3.63, 3.8) is 0 Å². The lowest BCUT2D eigenvalue weighted by Gasteiger charge is -2.34. The summed E-state index contributed by atoms with van der Waals surface area (Å²) in [7, 11) is 0. The minimum Gasteiger partial charge on any atom is -0.424 e. The number of aromatic nitrogens is 2. The van der Waals surface area contributed by atoms with Gasteiger partial charge in [-0.05, 0) is 46.5 Å². The van der Waals surface area contributed by atoms with Gasteiger partial charge in [-0.15, -0.1) is 10.2 Å². The molecule has 0 aromatic carbocycles. The van der Waals surface area contributed by atoms with E-state index in [-0.39, 0.29) is 5.54 Å². The molecule has 1 N–H and O–H groups in total. The number of nitrogens with one attached hydrogen (secondary N) is 1. The maximum Gasteiger partial charge on any atom is 0.230 e. The van der Waals surface area contributed by atoms with Crippen molar-refractivity contribution in [2.45, 2.75) is 65.1 Å². The Bertz CT molecular complexity index is 392. The molecule has 0 spiro atoms. The van der Waals surface area contributed by atoms with E-state index in [4.69, 9.17) is 9.15 Å². The van der Waals surface area contributed by atoms with Crippen LogP contribution in [-0.2, 0) is 17.7 Å². The van der Waals surface area contributed by atoms with Crippen LogP contribution in [0.15, 0.2) is 4.42 Å². The molecule has 1 aromatic heterocycles.